The van der Waals surface area contributed by atoms with Crippen LogP contribution in [-0.4, -0.2) is 6.26 Å². The molecule has 0 fully saturated rings. The molecule has 0 radical (unpaired) electrons. The van der Waals surface area contributed by atoms with Gasteiger partial charge in [0.05, 0.1) is 10.5 Å². The maximum absolute atomic E-state index is 13.8. The van der Waals surface area contributed by atoms with Crippen molar-refractivity contribution in [3.05, 3.63) is 63.6 Å². The third-order valence-corrected chi connectivity index (χ3v) is 4.20. The van der Waals surface area contributed by atoms with Crippen molar-refractivity contribution in [2.75, 3.05) is 6.26 Å². The van der Waals surface area contributed by atoms with Gasteiger partial charge in [-0.15, -0.1) is 11.8 Å². The fourth-order valence-electron chi connectivity index (χ4n) is 1.77. The Hall–Kier alpha value is -0.910. The molecule has 100 valence electrons. The lowest BCUT2D eigenvalue weighted by molar-refractivity contribution is 0.572. The van der Waals surface area contributed by atoms with Crippen LogP contribution in [0.25, 0.3) is 0 Å². The number of thioether (sulfide) groups is 1. The van der Waals surface area contributed by atoms with Crippen LogP contribution < -0.4 is 5.73 Å². The lowest BCUT2D eigenvalue weighted by atomic mass is 9.99. The third-order valence-electron chi connectivity index (χ3n) is 2.85. The normalized spacial score (nSPS) is 12.5. The zero-order chi connectivity index (χ0) is 14.0. The van der Waals surface area contributed by atoms with Gasteiger partial charge in [0.2, 0.25) is 0 Å². The molecule has 0 bridgehead atoms. The summed E-state index contributed by atoms with van der Waals surface area (Å²) >= 11 is 4.56. The van der Waals surface area contributed by atoms with Crippen molar-refractivity contribution in [1.82, 2.24) is 0 Å². The summed E-state index contributed by atoms with van der Waals surface area (Å²) in [7, 11) is 0. The molecule has 19 heavy (non-hydrogen) atoms. The zero-order valence-corrected chi connectivity index (χ0v) is 12.6. The fourth-order valence-corrected chi connectivity index (χ4v) is 2.49. The largest absolute Gasteiger partial charge is 0.320 e. The number of hydrogen-bond donors (Lipinski definition) is 1. The molecule has 1 unspecified atom stereocenters. The number of rotatable bonds is 3. The van der Waals surface area contributed by atoms with Crippen LogP contribution in [-0.2, 0) is 0 Å². The summed E-state index contributed by atoms with van der Waals surface area (Å²) in [5.74, 6) is -1.04. The van der Waals surface area contributed by atoms with E-state index in [4.69, 9.17) is 5.73 Å². The van der Waals surface area contributed by atoms with Crippen molar-refractivity contribution >= 4 is 27.7 Å². The molecule has 5 heteroatoms. The first-order valence-electron chi connectivity index (χ1n) is 5.57. The molecule has 1 nitrogen and oxygen atoms in total. The van der Waals surface area contributed by atoms with Gasteiger partial charge in [-0.25, -0.2) is 8.78 Å². The van der Waals surface area contributed by atoms with Crippen LogP contribution in [0.3, 0.4) is 0 Å². The van der Waals surface area contributed by atoms with Crippen molar-refractivity contribution in [3.63, 3.8) is 0 Å². The van der Waals surface area contributed by atoms with E-state index in [1.807, 2.05) is 30.5 Å². The second kappa shape index (κ2) is 6.03. The maximum Gasteiger partial charge on any atom is 0.137 e. The van der Waals surface area contributed by atoms with E-state index < -0.39 is 17.7 Å². The van der Waals surface area contributed by atoms with Crippen LogP contribution in [0.2, 0.25) is 0 Å². The first kappa shape index (κ1) is 14.5. The minimum atomic E-state index is -0.682. The van der Waals surface area contributed by atoms with Crippen molar-refractivity contribution in [3.8, 4) is 0 Å². The Morgan fingerprint density at radius 1 is 1.11 bits per heavy atom. The Morgan fingerprint density at radius 3 is 2.32 bits per heavy atom. The highest BCUT2D eigenvalue weighted by Gasteiger charge is 2.16. The van der Waals surface area contributed by atoms with Crippen molar-refractivity contribution in [2.45, 2.75) is 10.9 Å². The van der Waals surface area contributed by atoms with Gasteiger partial charge < -0.3 is 5.73 Å². The zero-order valence-electron chi connectivity index (χ0n) is 10.2. The van der Waals surface area contributed by atoms with Gasteiger partial charge in [-0.05, 0) is 52.0 Å². The van der Waals surface area contributed by atoms with E-state index in [1.54, 1.807) is 11.8 Å². The van der Waals surface area contributed by atoms with Crippen LogP contribution in [0.4, 0.5) is 8.78 Å². The molecule has 2 rings (SSSR count). The topological polar surface area (TPSA) is 26.0 Å². The lowest BCUT2D eigenvalue weighted by Crippen LogP contribution is -2.14. The second-order valence-electron chi connectivity index (χ2n) is 4.04. The minimum absolute atomic E-state index is 0.0960. The summed E-state index contributed by atoms with van der Waals surface area (Å²) in [6, 6.07) is 9.03. The molecule has 2 aromatic rings. The maximum atomic E-state index is 13.8. The Labute approximate surface area is 123 Å². The van der Waals surface area contributed by atoms with Crippen molar-refractivity contribution < 1.29 is 8.78 Å². The van der Waals surface area contributed by atoms with E-state index in [-0.39, 0.29) is 10.0 Å². The van der Waals surface area contributed by atoms with Crippen LogP contribution in [0.1, 0.15) is 17.2 Å². The van der Waals surface area contributed by atoms with E-state index >= 15 is 0 Å². The Bertz CT molecular complexity index is 587. The van der Waals surface area contributed by atoms with Gasteiger partial charge in [-0.1, -0.05) is 12.1 Å². The van der Waals surface area contributed by atoms with Gasteiger partial charge in [0.15, 0.2) is 0 Å². The number of benzene rings is 2. The standard InChI is InChI=1S/C14H12BrF2NS/c1-19-9-4-2-8(3-5-9)14(18)10-6-13(17)11(15)7-12(10)16/h2-7,14H,18H2,1H3. The average Bonchev–Trinajstić information content (AvgIpc) is 2.42. The molecule has 0 aliphatic carbocycles. The van der Waals surface area contributed by atoms with Gasteiger partial charge >= 0.3 is 0 Å². The van der Waals surface area contributed by atoms with Crippen LogP contribution in [0.15, 0.2) is 45.8 Å². The number of nitrogens with two attached hydrogens (primary N) is 1. The lowest BCUT2D eigenvalue weighted by Gasteiger charge is -2.14. The Morgan fingerprint density at radius 2 is 1.74 bits per heavy atom. The predicted octanol–water partition coefficient (Wildman–Crippen LogP) is 4.50. The van der Waals surface area contributed by atoms with Gasteiger partial charge in [0.1, 0.15) is 11.6 Å². The molecule has 0 aliphatic rings. The highest BCUT2D eigenvalue weighted by atomic mass is 79.9. The van der Waals surface area contributed by atoms with Gasteiger partial charge in [-0.2, -0.15) is 0 Å². The van der Waals surface area contributed by atoms with E-state index in [1.165, 1.54) is 0 Å². The summed E-state index contributed by atoms with van der Waals surface area (Å²) in [6.07, 6.45) is 1.97. The molecule has 0 aromatic heterocycles. The van der Waals surface area contributed by atoms with Crippen molar-refractivity contribution in [2.24, 2.45) is 5.73 Å². The molecule has 0 saturated heterocycles. The van der Waals surface area contributed by atoms with Crippen LogP contribution in [0.5, 0.6) is 0 Å². The predicted molar refractivity (Wildman–Crippen MR) is 78.3 cm³/mol. The van der Waals surface area contributed by atoms with Gasteiger partial charge in [-0.3, -0.25) is 0 Å². The molecule has 0 heterocycles. The molecule has 0 aliphatic heterocycles. The highest BCUT2D eigenvalue weighted by molar-refractivity contribution is 9.10. The third kappa shape index (κ3) is 3.16. The van der Waals surface area contributed by atoms with Crippen LogP contribution in [0, 0.1) is 11.6 Å². The summed E-state index contributed by atoms with van der Waals surface area (Å²) < 4.78 is 27.4. The minimum Gasteiger partial charge on any atom is -0.320 e. The van der Waals surface area contributed by atoms with E-state index in [9.17, 15) is 8.78 Å². The SMILES string of the molecule is CSc1ccc(C(N)c2cc(F)c(Br)cc2F)cc1. The Balaban J connectivity index is 2.37. The van der Waals surface area contributed by atoms with Crippen molar-refractivity contribution in [1.29, 1.82) is 0 Å². The molecule has 0 spiro atoms. The smallest absolute Gasteiger partial charge is 0.137 e. The molecular weight excluding hydrogens is 332 g/mol. The summed E-state index contributed by atoms with van der Waals surface area (Å²) in [4.78, 5) is 1.10. The monoisotopic (exact) mass is 343 g/mol. The molecule has 2 N–H and O–H groups in total. The van der Waals surface area contributed by atoms with Gasteiger partial charge in [0, 0.05) is 10.5 Å². The van der Waals surface area contributed by atoms with Gasteiger partial charge in [0.25, 0.3) is 0 Å². The second-order valence-corrected chi connectivity index (χ2v) is 5.77. The summed E-state index contributed by atoms with van der Waals surface area (Å²) in [6.45, 7) is 0. The Kier molecular flexibility index (Phi) is 4.60. The van der Waals surface area contributed by atoms with E-state index in [2.05, 4.69) is 15.9 Å². The van der Waals surface area contributed by atoms with E-state index in [0.717, 1.165) is 22.6 Å². The molecule has 2 aromatic carbocycles. The van der Waals surface area contributed by atoms with Crippen LogP contribution >= 0.6 is 27.7 Å². The quantitative estimate of drug-likeness (QED) is 0.656. The van der Waals surface area contributed by atoms with E-state index in [0.29, 0.717) is 0 Å². The first-order chi connectivity index (χ1) is 9.02. The molecular formula is C14H12BrF2NS. The highest BCUT2D eigenvalue weighted by Crippen LogP contribution is 2.28. The first-order valence-corrected chi connectivity index (χ1v) is 7.58. The summed E-state index contributed by atoms with van der Waals surface area (Å²) in [5.41, 5.74) is 6.90. The molecule has 1 atom stereocenters. The average molecular weight is 344 g/mol. The molecule has 0 saturated carbocycles. The fraction of sp³-hybridized carbons (Fsp3) is 0.143. The number of hydrogen-bond acceptors (Lipinski definition) is 2. The summed E-state index contributed by atoms with van der Waals surface area (Å²) in [5, 5.41) is 0. The molecule has 0 amide bonds. The number of halogens is 3.